The lowest BCUT2D eigenvalue weighted by Crippen LogP contribution is -2.32. The molecule has 7 heteroatoms. The summed E-state index contributed by atoms with van der Waals surface area (Å²) in [7, 11) is 0. The van der Waals surface area contributed by atoms with Crippen LogP contribution in [0.2, 0.25) is 0 Å². The second-order valence-corrected chi connectivity index (χ2v) is 4.81. The van der Waals surface area contributed by atoms with Crippen LogP contribution in [0.25, 0.3) is 0 Å². The van der Waals surface area contributed by atoms with Gasteiger partial charge < -0.3 is 10.8 Å². The molecule has 6 nitrogen and oxygen atoms in total. The van der Waals surface area contributed by atoms with Gasteiger partial charge in [0.1, 0.15) is 11.6 Å². The largest absolute Gasteiger partial charge is 0.480 e. The van der Waals surface area contributed by atoms with Crippen molar-refractivity contribution in [1.29, 1.82) is 0 Å². The molecule has 0 radical (unpaired) electrons. The van der Waals surface area contributed by atoms with Gasteiger partial charge in [-0.25, -0.2) is 13.9 Å². The van der Waals surface area contributed by atoms with E-state index < -0.39 is 12.0 Å². The van der Waals surface area contributed by atoms with Gasteiger partial charge in [0.25, 0.3) is 0 Å². The van der Waals surface area contributed by atoms with Crippen molar-refractivity contribution in [3.05, 3.63) is 41.5 Å². The maximum absolute atomic E-state index is 13.0. The lowest BCUT2D eigenvalue weighted by molar-refractivity contribution is -0.142. The Morgan fingerprint density at radius 1 is 1.40 bits per heavy atom. The third-order valence-corrected chi connectivity index (χ3v) is 3.59. The van der Waals surface area contributed by atoms with E-state index in [0.717, 1.165) is 5.56 Å². The van der Waals surface area contributed by atoms with Crippen LogP contribution in [0.4, 0.5) is 10.3 Å². The van der Waals surface area contributed by atoms with Gasteiger partial charge in [-0.2, -0.15) is 4.98 Å². The fraction of sp³-hybridized carbons (Fsp3) is 0.308. The van der Waals surface area contributed by atoms with Gasteiger partial charge in [0.15, 0.2) is 6.04 Å². The molecule has 0 bridgehead atoms. The molecule has 0 aliphatic carbocycles. The molecule has 0 fully saturated rings. The Morgan fingerprint density at radius 3 is 2.75 bits per heavy atom. The van der Waals surface area contributed by atoms with Crippen LogP contribution in [-0.4, -0.2) is 25.8 Å². The zero-order valence-corrected chi connectivity index (χ0v) is 10.5. The first kappa shape index (κ1) is 12.6. The molecule has 3 rings (SSSR count). The first-order valence-corrected chi connectivity index (χ1v) is 6.25. The summed E-state index contributed by atoms with van der Waals surface area (Å²) in [4.78, 5) is 15.6. The molecule has 1 aromatic heterocycles. The monoisotopic (exact) mass is 276 g/mol. The highest BCUT2D eigenvalue weighted by Gasteiger charge is 2.37. The van der Waals surface area contributed by atoms with E-state index in [2.05, 4.69) is 10.1 Å². The van der Waals surface area contributed by atoms with E-state index in [4.69, 9.17) is 5.73 Å². The molecule has 104 valence electrons. The summed E-state index contributed by atoms with van der Waals surface area (Å²) in [5.41, 5.74) is 6.32. The standard InChI is InChI=1S/C13H13FN4O2/c14-8-3-1-7(2-4-8)9-5-6-10-16-13(15)17-18(10)11(9)12(19)20/h1-4,9,11H,5-6H2,(H2,15,17)(H,19,20). The Kier molecular flexibility index (Phi) is 2.89. The molecule has 0 spiro atoms. The number of aryl methyl sites for hydroxylation is 1. The first-order chi connectivity index (χ1) is 9.56. The predicted molar refractivity (Wildman–Crippen MR) is 68.6 cm³/mol. The first-order valence-electron chi connectivity index (χ1n) is 6.25. The number of nitrogen functional groups attached to an aromatic ring is 1. The van der Waals surface area contributed by atoms with Crippen molar-refractivity contribution < 1.29 is 14.3 Å². The Balaban J connectivity index is 2.04. The van der Waals surface area contributed by atoms with E-state index in [1.807, 2.05) is 0 Å². The molecule has 2 unspecified atom stereocenters. The maximum atomic E-state index is 13.0. The molecule has 2 heterocycles. The van der Waals surface area contributed by atoms with Crippen molar-refractivity contribution in [2.24, 2.45) is 0 Å². The number of carboxylic acids is 1. The van der Waals surface area contributed by atoms with Crippen LogP contribution in [0.5, 0.6) is 0 Å². The fourth-order valence-electron chi connectivity index (χ4n) is 2.72. The summed E-state index contributed by atoms with van der Waals surface area (Å²) < 4.78 is 14.4. The molecule has 2 aromatic rings. The number of carboxylic acid groups (broad SMARTS) is 1. The molecule has 0 amide bonds. The molecule has 1 aromatic carbocycles. The third kappa shape index (κ3) is 2.01. The van der Waals surface area contributed by atoms with Crippen LogP contribution < -0.4 is 5.73 Å². The molecule has 20 heavy (non-hydrogen) atoms. The number of hydrogen-bond donors (Lipinski definition) is 2. The van der Waals surface area contributed by atoms with Crippen molar-refractivity contribution in [2.45, 2.75) is 24.8 Å². The van der Waals surface area contributed by atoms with Gasteiger partial charge in [0.05, 0.1) is 0 Å². The number of anilines is 1. The highest BCUT2D eigenvalue weighted by Crippen LogP contribution is 2.37. The Morgan fingerprint density at radius 2 is 2.10 bits per heavy atom. The predicted octanol–water partition coefficient (Wildman–Crippen LogP) is 1.36. The smallest absolute Gasteiger partial charge is 0.329 e. The van der Waals surface area contributed by atoms with E-state index in [1.54, 1.807) is 12.1 Å². The molecule has 0 saturated carbocycles. The average molecular weight is 276 g/mol. The van der Waals surface area contributed by atoms with E-state index in [-0.39, 0.29) is 17.7 Å². The van der Waals surface area contributed by atoms with Crippen LogP contribution in [0.3, 0.4) is 0 Å². The van der Waals surface area contributed by atoms with Gasteiger partial charge in [-0.3, -0.25) is 0 Å². The van der Waals surface area contributed by atoms with Gasteiger partial charge in [0.2, 0.25) is 5.95 Å². The summed E-state index contributed by atoms with van der Waals surface area (Å²) in [5.74, 6) is -0.965. The van der Waals surface area contributed by atoms with Crippen molar-refractivity contribution in [2.75, 3.05) is 5.73 Å². The Hall–Kier alpha value is -2.44. The lowest BCUT2D eigenvalue weighted by atomic mass is 9.85. The fourth-order valence-corrected chi connectivity index (χ4v) is 2.72. The second-order valence-electron chi connectivity index (χ2n) is 4.81. The zero-order valence-electron chi connectivity index (χ0n) is 10.5. The zero-order chi connectivity index (χ0) is 14.3. The Labute approximate surface area is 114 Å². The summed E-state index contributed by atoms with van der Waals surface area (Å²) >= 11 is 0. The number of aliphatic carboxylic acids is 1. The minimum Gasteiger partial charge on any atom is -0.480 e. The van der Waals surface area contributed by atoms with Crippen LogP contribution in [0, 0.1) is 5.82 Å². The number of nitrogens with zero attached hydrogens (tertiary/aromatic N) is 3. The van der Waals surface area contributed by atoms with Gasteiger partial charge in [0, 0.05) is 12.3 Å². The number of rotatable bonds is 2. The number of halogens is 1. The van der Waals surface area contributed by atoms with Crippen molar-refractivity contribution >= 4 is 11.9 Å². The number of benzene rings is 1. The molecule has 2 atom stereocenters. The lowest BCUT2D eigenvalue weighted by Gasteiger charge is -2.29. The molecule has 3 N–H and O–H groups in total. The van der Waals surface area contributed by atoms with Crippen molar-refractivity contribution in [1.82, 2.24) is 14.8 Å². The highest BCUT2D eigenvalue weighted by molar-refractivity contribution is 5.73. The normalized spacial score (nSPS) is 21.4. The van der Waals surface area contributed by atoms with Crippen molar-refractivity contribution in [3.63, 3.8) is 0 Å². The van der Waals surface area contributed by atoms with Gasteiger partial charge in [-0.15, -0.1) is 5.10 Å². The van der Waals surface area contributed by atoms with Gasteiger partial charge in [-0.1, -0.05) is 12.1 Å². The molecular weight excluding hydrogens is 263 g/mol. The van der Waals surface area contributed by atoms with Crippen LogP contribution >= 0.6 is 0 Å². The van der Waals surface area contributed by atoms with Crippen LogP contribution in [0.15, 0.2) is 24.3 Å². The maximum Gasteiger partial charge on any atom is 0.329 e. The van der Waals surface area contributed by atoms with Gasteiger partial charge in [-0.05, 0) is 24.1 Å². The van der Waals surface area contributed by atoms with E-state index >= 15 is 0 Å². The van der Waals surface area contributed by atoms with Crippen molar-refractivity contribution in [3.8, 4) is 0 Å². The average Bonchev–Trinajstić information content (AvgIpc) is 2.78. The van der Waals surface area contributed by atoms with Crippen LogP contribution in [0.1, 0.15) is 29.8 Å². The van der Waals surface area contributed by atoms with E-state index in [9.17, 15) is 14.3 Å². The van der Waals surface area contributed by atoms with Gasteiger partial charge >= 0.3 is 5.97 Å². The molecular formula is C13H13FN4O2. The number of carbonyl (C=O) groups is 1. The molecule has 1 aliphatic rings. The second kappa shape index (κ2) is 4.59. The van der Waals surface area contributed by atoms with E-state index in [1.165, 1.54) is 16.8 Å². The quantitative estimate of drug-likeness (QED) is 0.863. The molecule has 0 saturated heterocycles. The summed E-state index contributed by atoms with van der Waals surface area (Å²) in [5, 5.41) is 13.5. The number of nitrogens with two attached hydrogens (primary N) is 1. The number of hydrogen-bond acceptors (Lipinski definition) is 4. The third-order valence-electron chi connectivity index (χ3n) is 3.59. The van der Waals surface area contributed by atoms with E-state index in [0.29, 0.717) is 18.7 Å². The number of aromatic nitrogens is 3. The summed E-state index contributed by atoms with van der Waals surface area (Å²) in [6.45, 7) is 0. The summed E-state index contributed by atoms with van der Waals surface area (Å²) in [6, 6.07) is 5.02. The minimum absolute atomic E-state index is 0.0750. The summed E-state index contributed by atoms with van der Waals surface area (Å²) in [6.07, 6.45) is 1.21. The minimum atomic E-state index is -0.995. The topological polar surface area (TPSA) is 94.0 Å². The highest BCUT2D eigenvalue weighted by atomic mass is 19.1. The van der Waals surface area contributed by atoms with Crippen LogP contribution in [-0.2, 0) is 11.2 Å². The molecule has 1 aliphatic heterocycles. The Bertz CT molecular complexity index is 653. The SMILES string of the molecule is Nc1nc2n(n1)C(C(=O)O)C(c1ccc(F)cc1)CC2. The number of fused-ring (bicyclic) bond motifs is 1.